The largest absolute Gasteiger partial charge is 0.497 e. The lowest BCUT2D eigenvalue weighted by atomic mass is 10.1. The fraction of sp³-hybridized carbons (Fsp3) is 0.125. The Bertz CT molecular complexity index is 934. The molecule has 2 amide bonds. The molecule has 0 bridgehead atoms. The number of aryl methyl sites for hydroxylation is 1. The van der Waals surface area contributed by atoms with E-state index in [-0.39, 0.29) is 21.1 Å². The average Bonchev–Trinajstić information content (AvgIpc) is 2.79. The summed E-state index contributed by atoms with van der Waals surface area (Å²) in [6.07, 6.45) is 0. The summed E-state index contributed by atoms with van der Waals surface area (Å²) in [6.45, 7) is 1.76. The Kier molecular flexibility index (Phi) is 3.86. The molecule has 0 fully saturated rings. The lowest BCUT2D eigenvalue weighted by Crippen LogP contribution is -2.32. The fourth-order valence-electron chi connectivity index (χ4n) is 2.28. The molecule has 8 heteroatoms. The lowest BCUT2D eigenvalue weighted by Gasteiger charge is -2.13. The number of amides is 2. The highest BCUT2D eigenvalue weighted by Gasteiger charge is 2.40. The van der Waals surface area contributed by atoms with E-state index in [0.717, 1.165) is 5.56 Å². The van der Waals surface area contributed by atoms with Gasteiger partial charge in [0.25, 0.3) is 11.8 Å². The van der Waals surface area contributed by atoms with Crippen molar-refractivity contribution in [1.82, 2.24) is 5.06 Å². The third-order valence-corrected chi connectivity index (χ3v) is 4.72. The molecule has 1 aliphatic heterocycles. The first-order valence-electron chi connectivity index (χ1n) is 6.91. The first kappa shape index (κ1) is 16.2. The van der Waals surface area contributed by atoms with E-state index in [9.17, 15) is 18.0 Å². The molecule has 0 aliphatic carbocycles. The summed E-state index contributed by atoms with van der Waals surface area (Å²) >= 11 is 0. The third kappa shape index (κ3) is 2.66. The number of imide groups is 1. The molecule has 0 radical (unpaired) electrons. The van der Waals surface area contributed by atoms with Crippen molar-refractivity contribution in [2.75, 3.05) is 7.11 Å². The second-order valence-corrected chi connectivity index (χ2v) is 6.69. The average molecular weight is 347 g/mol. The van der Waals surface area contributed by atoms with Gasteiger partial charge in [-0.25, -0.2) is 0 Å². The van der Waals surface area contributed by atoms with Crippen molar-refractivity contribution in [3.8, 4) is 5.75 Å². The van der Waals surface area contributed by atoms with Crippen LogP contribution in [0.2, 0.25) is 0 Å². The maximum absolute atomic E-state index is 12.3. The molecule has 1 heterocycles. The molecule has 0 unspecified atom stereocenters. The van der Waals surface area contributed by atoms with Crippen LogP contribution < -0.4 is 4.74 Å². The molecule has 124 valence electrons. The molecule has 0 atom stereocenters. The first-order valence-corrected chi connectivity index (χ1v) is 8.32. The van der Waals surface area contributed by atoms with Crippen molar-refractivity contribution >= 4 is 21.9 Å². The molecule has 1 aliphatic rings. The van der Waals surface area contributed by atoms with Crippen LogP contribution in [0.3, 0.4) is 0 Å². The quantitative estimate of drug-likeness (QED) is 0.785. The maximum atomic E-state index is 12.3. The number of carbonyl (C=O) groups excluding carboxylic acids is 2. The summed E-state index contributed by atoms with van der Waals surface area (Å²) < 4.78 is 34.3. The molecule has 7 nitrogen and oxygen atoms in total. The highest BCUT2D eigenvalue weighted by atomic mass is 32.2. The van der Waals surface area contributed by atoms with Gasteiger partial charge in [0, 0.05) is 0 Å². The maximum Gasteiger partial charge on any atom is 0.318 e. The van der Waals surface area contributed by atoms with Gasteiger partial charge in [0.05, 0.1) is 23.1 Å². The Morgan fingerprint density at radius 1 is 0.917 bits per heavy atom. The molecule has 0 N–H and O–H groups in total. The topological polar surface area (TPSA) is 90.0 Å². The van der Waals surface area contributed by atoms with Crippen LogP contribution in [0.15, 0.2) is 47.4 Å². The minimum absolute atomic E-state index is 0.107. The summed E-state index contributed by atoms with van der Waals surface area (Å²) in [5.41, 5.74) is 0.996. The van der Waals surface area contributed by atoms with Gasteiger partial charge in [-0.2, -0.15) is 8.42 Å². The van der Waals surface area contributed by atoms with Crippen LogP contribution in [-0.2, 0) is 14.4 Å². The van der Waals surface area contributed by atoms with E-state index >= 15 is 0 Å². The zero-order valence-corrected chi connectivity index (χ0v) is 13.7. The van der Waals surface area contributed by atoms with Crippen molar-refractivity contribution in [1.29, 1.82) is 0 Å². The van der Waals surface area contributed by atoms with Gasteiger partial charge in [-0.1, -0.05) is 11.6 Å². The SMILES string of the molecule is COc1ccc(S(=O)(=O)ON2C(=O)c3ccc(C)cc3C2=O)cc1. The zero-order valence-electron chi connectivity index (χ0n) is 12.8. The lowest BCUT2D eigenvalue weighted by molar-refractivity contribution is -0.0103. The number of carbonyl (C=O) groups is 2. The minimum Gasteiger partial charge on any atom is -0.497 e. The molecule has 0 spiro atoms. The predicted octanol–water partition coefficient (Wildman–Crippen LogP) is 1.92. The van der Waals surface area contributed by atoms with Crippen LogP contribution >= 0.6 is 0 Å². The van der Waals surface area contributed by atoms with Gasteiger partial charge < -0.3 is 4.74 Å². The molecule has 3 rings (SSSR count). The molecule has 24 heavy (non-hydrogen) atoms. The minimum atomic E-state index is -4.33. The van der Waals surface area contributed by atoms with Crippen LogP contribution in [0.5, 0.6) is 5.75 Å². The summed E-state index contributed by atoms with van der Waals surface area (Å²) in [5.74, 6) is -1.16. The standard InChI is InChI=1S/C16H13NO6S/c1-10-3-8-13-14(9-10)16(19)17(15(13)18)23-24(20,21)12-6-4-11(22-2)5-7-12/h3-9H,1-2H3. The van der Waals surface area contributed by atoms with E-state index in [0.29, 0.717) is 5.75 Å². The van der Waals surface area contributed by atoms with Crippen LogP contribution in [-0.4, -0.2) is 32.4 Å². The summed E-state index contributed by atoms with van der Waals surface area (Å²) in [7, 11) is -2.89. The number of benzene rings is 2. The van der Waals surface area contributed by atoms with E-state index in [1.54, 1.807) is 13.0 Å². The number of hydroxylamine groups is 2. The normalized spacial score (nSPS) is 14.0. The molecule has 2 aromatic rings. The third-order valence-electron chi connectivity index (χ3n) is 3.53. The van der Waals surface area contributed by atoms with Crippen LogP contribution in [0.25, 0.3) is 0 Å². The van der Waals surface area contributed by atoms with E-state index in [2.05, 4.69) is 0 Å². The van der Waals surface area contributed by atoms with Crippen LogP contribution in [0, 0.1) is 6.92 Å². The van der Waals surface area contributed by atoms with Gasteiger partial charge in [-0.3, -0.25) is 9.59 Å². The van der Waals surface area contributed by atoms with Crippen molar-refractivity contribution in [3.05, 3.63) is 59.2 Å². The summed E-state index contributed by atoms with van der Waals surface area (Å²) in [5, 5.41) is 0.268. The molecule has 0 aromatic heterocycles. The molecular formula is C16H13NO6S. The molecule has 0 saturated heterocycles. The number of methoxy groups -OCH3 is 1. The van der Waals surface area contributed by atoms with Gasteiger partial charge in [0.1, 0.15) is 5.75 Å². The number of fused-ring (bicyclic) bond motifs is 1. The van der Waals surface area contributed by atoms with Crippen LogP contribution in [0.1, 0.15) is 26.3 Å². The van der Waals surface area contributed by atoms with E-state index in [4.69, 9.17) is 9.02 Å². The van der Waals surface area contributed by atoms with E-state index < -0.39 is 21.9 Å². The van der Waals surface area contributed by atoms with E-state index in [1.165, 1.54) is 43.5 Å². The molecule has 0 saturated carbocycles. The number of nitrogens with zero attached hydrogens (tertiary/aromatic N) is 1. The monoisotopic (exact) mass is 347 g/mol. The van der Waals surface area contributed by atoms with Gasteiger partial charge >= 0.3 is 10.1 Å². The number of hydrogen-bond acceptors (Lipinski definition) is 6. The first-order chi connectivity index (χ1) is 11.3. The Morgan fingerprint density at radius 2 is 1.54 bits per heavy atom. The fourth-order valence-corrected chi connectivity index (χ4v) is 3.17. The molecular weight excluding hydrogens is 334 g/mol. The van der Waals surface area contributed by atoms with Crippen molar-refractivity contribution in [2.24, 2.45) is 0 Å². The highest BCUT2D eigenvalue weighted by Crippen LogP contribution is 2.27. The van der Waals surface area contributed by atoms with E-state index in [1.807, 2.05) is 0 Å². The number of hydrogen-bond donors (Lipinski definition) is 0. The smallest absolute Gasteiger partial charge is 0.318 e. The Hall–Kier alpha value is -2.71. The Balaban J connectivity index is 1.90. The Labute approximate surface area is 138 Å². The zero-order chi connectivity index (χ0) is 17.5. The number of rotatable bonds is 4. The van der Waals surface area contributed by atoms with Gasteiger partial charge in [-0.05, 0) is 43.3 Å². The second-order valence-electron chi connectivity index (χ2n) is 5.16. The number of ether oxygens (including phenoxy) is 1. The highest BCUT2D eigenvalue weighted by molar-refractivity contribution is 7.86. The van der Waals surface area contributed by atoms with Gasteiger partial charge in [-0.15, -0.1) is 9.35 Å². The van der Waals surface area contributed by atoms with Gasteiger partial charge in [0.2, 0.25) is 0 Å². The summed E-state index contributed by atoms with van der Waals surface area (Å²) in [6, 6.07) is 10.0. The van der Waals surface area contributed by atoms with Crippen molar-refractivity contribution in [3.63, 3.8) is 0 Å². The van der Waals surface area contributed by atoms with Crippen molar-refractivity contribution < 1.29 is 27.0 Å². The van der Waals surface area contributed by atoms with Crippen molar-refractivity contribution in [2.45, 2.75) is 11.8 Å². The predicted molar refractivity (Wildman–Crippen MR) is 82.9 cm³/mol. The Morgan fingerprint density at radius 3 is 2.17 bits per heavy atom. The van der Waals surface area contributed by atoms with Gasteiger partial charge in [0.15, 0.2) is 0 Å². The van der Waals surface area contributed by atoms with Crippen LogP contribution in [0.4, 0.5) is 0 Å². The molecule has 2 aromatic carbocycles. The second kappa shape index (κ2) is 5.73. The summed E-state index contributed by atoms with van der Waals surface area (Å²) in [4.78, 5) is 24.3.